The molecule has 1 aliphatic heterocycles. The quantitative estimate of drug-likeness (QED) is 0.913. The minimum atomic E-state index is -0.576. The second-order valence-electron chi connectivity index (χ2n) is 9.12. The number of rotatable bonds is 3. The lowest BCUT2D eigenvalue weighted by molar-refractivity contribution is -0.133. The fraction of sp³-hybridized carbons (Fsp3) is 0.524. The summed E-state index contributed by atoms with van der Waals surface area (Å²) in [5.41, 5.74) is 3.67. The first-order valence-corrected chi connectivity index (χ1v) is 9.20. The van der Waals surface area contributed by atoms with Crippen molar-refractivity contribution in [2.75, 3.05) is 6.54 Å². The van der Waals surface area contributed by atoms with Crippen LogP contribution in [0.25, 0.3) is 5.69 Å². The van der Waals surface area contributed by atoms with Crippen molar-refractivity contribution in [2.24, 2.45) is 5.41 Å². The van der Waals surface area contributed by atoms with E-state index in [4.69, 9.17) is 5.10 Å². The third kappa shape index (κ3) is 3.54. The Morgan fingerprint density at radius 2 is 1.92 bits per heavy atom. The van der Waals surface area contributed by atoms with Crippen LogP contribution in [-0.4, -0.2) is 32.7 Å². The Morgan fingerprint density at radius 3 is 2.54 bits per heavy atom. The highest BCUT2D eigenvalue weighted by atomic mass is 16.2. The van der Waals surface area contributed by atoms with Crippen molar-refractivity contribution in [3.8, 4) is 5.69 Å². The van der Waals surface area contributed by atoms with E-state index in [1.54, 1.807) is 0 Å². The molecule has 1 N–H and O–H groups in total. The first-order chi connectivity index (χ1) is 12.0. The summed E-state index contributed by atoms with van der Waals surface area (Å²) in [4.78, 5) is 14.9. The standard InChI is InChI=1S/C21H30N4O/c1-14-9-8-10-16(11-14)25-12-17(15(2)23-25)18-22-21(6,7)19(26)24(18)13-20(3,4)5/h8-12,18,22H,13H2,1-7H3. The van der Waals surface area contributed by atoms with Gasteiger partial charge in [0.25, 0.3) is 0 Å². The molecule has 1 aliphatic rings. The molecule has 1 saturated heterocycles. The maximum atomic E-state index is 13.0. The van der Waals surface area contributed by atoms with Crippen molar-refractivity contribution in [2.45, 2.75) is 60.2 Å². The fourth-order valence-electron chi connectivity index (χ4n) is 3.52. The molecular formula is C21H30N4O. The van der Waals surface area contributed by atoms with Gasteiger partial charge < -0.3 is 4.90 Å². The van der Waals surface area contributed by atoms with Gasteiger partial charge in [0.2, 0.25) is 5.91 Å². The van der Waals surface area contributed by atoms with Crippen LogP contribution >= 0.6 is 0 Å². The van der Waals surface area contributed by atoms with Crippen molar-refractivity contribution < 1.29 is 4.79 Å². The van der Waals surface area contributed by atoms with E-state index in [-0.39, 0.29) is 17.5 Å². The minimum Gasteiger partial charge on any atom is -0.321 e. The van der Waals surface area contributed by atoms with E-state index in [2.05, 4.69) is 45.1 Å². The molecule has 1 amide bonds. The van der Waals surface area contributed by atoms with Crippen LogP contribution in [0.5, 0.6) is 0 Å². The third-order valence-corrected chi connectivity index (χ3v) is 4.75. The summed E-state index contributed by atoms with van der Waals surface area (Å²) >= 11 is 0. The molecule has 0 bridgehead atoms. The smallest absolute Gasteiger partial charge is 0.243 e. The lowest BCUT2D eigenvalue weighted by Crippen LogP contribution is -2.41. The Bertz CT molecular complexity index is 829. The Balaban J connectivity index is 2.00. The second kappa shape index (κ2) is 6.23. The summed E-state index contributed by atoms with van der Waals surface area (Å²) in [7, 11) is 0. The highest BCUT2D eigenvalue weighted by molar-refractivity contribution is 5.88. The number of benzene rings is 1. The number of carbonyl (C=O) groups excluding carboxylic acids is 1. The van der Waals surface area contributed by atoms with Gasteiger partial charge in [-0.15, -0.1) is 0 Å². The molecule has 3 rings (SSSR count). The lowest BCUT2D eigenvalue weighted by atomic mass is 9.95. The van der Waals surface area contributed by atoms with E-state index in [1.165, 1.54) is 5.56 Å². The van der Waals surface area contributed by atoms with Gasteiger partial charge in [0.1, 0.15) is 6.17 Å². The van der Waals surface area contributed by atoms with Gasteiger partial charge in [-0.05, 0) is 50.8 Å². The second-order valence-corrected chi connectivity index (χ2v) is 9.12. The van der Waals surface area contributed by atoms with Crippen LogP contribution in [0.4, 0.5) is 0 Å². The zero-order valence-corrected chi connectivity index (χ0v) is 16.9. The molecule has 2 heterocycles. The number of hydrogen-bond donors (Lipinski definition) is 1. The van der Waals surface area contributed by atoms with Crippen LogP contribution in [0, 0.1) is 19.3 Å². The van der Waals surface area contributed by atoms with Crippen molar-refractivity contribution in [3.63, 3.8) is 0 Å². The maximum Gasteiger partial charge on any atom is 0.243 e. The average molecular weight is 354 g/mol. The minimum absolute atomic E-state index is 0.0243. The molecular weight excluding hydrogens is 324 g/mol. The van der Waals surface area contributed by atoms with Gasteiger partial charge in [-0.25, -0.2) is 4.68 Å². The van der Waals surface area contributed by atoms with Gasteiger partial charge in [0.15, 0.2) is 0 Å². The monoisotopic (exact) mass is 354 g/mol. The van der Waals surface area contributed by atoms with Crippen LogP contribution < -0.4 is 5.32 Å². The number of aromatic nitrogens is 2. The molecule has 140 valence electrons. The molecule has 1 aromatic heterocycles. The van der Waals surface area contributed by atoms with E-state index in [0.29, 0.717) is 6.54 Å². The molecule has 1 fully saturated rings. The zero-order chi connectivity index (χ0) is 19.3. The predicted octanol–water partition coefficient (Wildman–Crippen LogP) is 3.74. The number of hydrogen-bond acceptors (Lipinski definition) is 3. The van der Waals surface area contributed by atoms with Gasteiger partial charge in [-0.2, -0.15) is 5.10 Å². The molecule has 1 atom stereocenters. The van der Waals surface area contributed by atoms with E-state index in [9.17, 15) is 4.79 Å². The number of nitrogens with zero attached hydrogens (tertiary/aromatic N) is 3. The van der Waals surface area contributed by atoms with Gasteiger partial charge in [0, 0.05) is 18.3 Å². The summed E-state index contributed by atoms with van der Waals surface area (Å²) < 4.78 is 1.91. The van der Waals surface area contributed by atoms with E-state index in [1.807, 2.05) is 48.7 Å². The van der Waals surface area contributed by atoms with Crippen molar-refractivity contribution in [3.05, 3.63) is 47.3 Å². The molecule has 1 unspecified atom stereocenters. The van der Waals surface area contributed by atoms with Crippen molar-refractivity contribution in [1.82, 2.24) is 20.0 Å². The molecule has 5 heteroatoms. The Hall–Kier alpha value is -2.14. The van der Waals surface area contributed by atoms with Crippen LogP contribution in [0.2, 0.25) is 0 Å². The van der Waals surface area contributed by atoms with E-state index >= 15 is 0 Å². The SMILES string of the molecule is Cc1cccc(-n2cc(C3NC(C)(C)C(=O)N3CC(C)(C)C)c(C)n2)c1. The average Bonchev–Trinajstić information content (AvgIpc) is 2.99. The summed E-state index contributed by atoms with van der Waals surface area (Å²) in [5.74, 6) is 0.139. The molecule has 0 spiro atoms. The Morgan fingerprint density at radius 1 is 1.23 bits per heavy atom. The topological polar surface area (TPSA) is 50.2 Å². The number of aryl methyl sites for hydroxylation is 2. The number of amides is 1. The van der Waals surface area contributed by atoms with Gasteiger partial charge >= 0.3 is 0 Å². The largest absolute Gasteiger partial charge is 0.321 e. The first kappa shape index (κ1) is 18.6. The Kier molecular flexibility index (Phi) is 4.47. The van der Waals surface area contributed by atoms with Gasteiger partial charge in [0.05, 0.1) is 16.9 Å². The maximum absolute atomic E-state index is 13.0. The van der Waals surface area contributed by atoms with Crippen molar-refractivity contribution in [1.29, 1.82) is 0 Å². The summed E-state index contributed by atoms with van der Waals surface area (Å²) in [5, 5.41) is 8.22. The molecule has 1 aromatic carbocycles. The molecule has 0 radical (unpaired) electrons. The summed E-state index contributed by atoms with van der Waals surface area (Å²) in [6, 6.07) is 8.27. The van der Waals surface area contributed by atoms with Crippen LogP contribution in [0.3, 0.4) is 0 Å². The normalized spacial score (nSPS) is 20.0. The molecule has 26 heavy (non-hydrogen) atoms. The molecule has 5 nitrogen and oxygen atoms in total. The predicted molar refractivity (Wildman–Crippen MR) is 104 cm³/mol. The number of carbonyl (C=O) groups is 1. The van der Waals surface area contributed by atoms with E-state index < -0.39 is 5.54 Å². The van der Waals surface area contributed by atoms with Crippen LogP contribution in [-0.2, 0) is 4.79 Å². The van der Waals surface area contributed by atoms with Gasteiger partial charge in [-0.3, -0.25) is 10.1 Å². The molecule has 0 aliphatic carbocycles. The Labute approximate surface area is 156 Å². The molecule has 2 aromatic rings. The fourth-order valence-corrected chi connectivity index (χ4v) is 3.52. The van der Waals surface area contributed by atoms with Crippen LogP contribution in [0.1, 0.15) is 57.6 Å². The van der Waals surface area contributed by atoms with Gasteiger partial charge in [-0.1, -0.05) is 32.9 Å². The van der Waals surface area contributed by atoms with Crippen molar-refractivity contribution >= 4 is 5.91 Å². The number of nitrogens with one attached hydrogen (secondary N) is 1. The highest BCUT2D eigenvalue weighted by Gasteiger charge is 2.47. The zero-order valence-electron chi connectivity index (χ0n) is 16.9. The van der Waals surface area contributed by atoms with Crippen LogP contribution in [0.15, 0.2) is 30.5 Å². The first-order valence-electron chi connectivity index (χ1n) is 9.20. The highest BCUT2D eigenvalue weighted by Crippen LogP contribution is 2.34. The summed E-state index contributed by atoms with van der Waals surface area (Å²) in [6.07, 6.45) is 1.89. The third-order valence-electron chi connectivity index (χ3n) is 4.75. The lowest BCUT2D eigenvalue weighted by Gasteiger charge is -2.31. The van der Waals surface area contributed by atoms with E-state index in [0.717, 1.165) is 16.9 Å². The molecule has 0 saturated carbocycles. The summed E-state index contributed by atoms with van der Waals surface area (Å²) in [6.45, 7) is 15.2.